The summed E-state index contributed by atoms with van der Waals surface area (Å²) in [6.07, 6.45) is 5.75. The fraction of sp³-hybridized carbons (Fsp3) is 0.857. The Kier molecular flexibility index (Phi) is 2.93. The van der Waals surface area contributed by atoms with E-state index in [4.69, 9.17) is 4.74 Å². The summed E-state index contributed by atoms with van der Waals surface area (Å²) in [5.41, 5.74) is 0. The lowest BCUT2D eigenvalue weighted by Gasteiger charge is -2.19. The molecule has 0 N–H and O–H groups in total. The fourth-order valence-electron chi connectivity index (χ4n) is 1.32. The van der Waals surface area contributed by atoms with Crippen LogP contribution in [0.25, 0.3) is 0 Å². The van der Waals surface area contributed by atoms with E-state index >= 15 is 0 Å². The summed E-state index contributed by atoms with van der Waals surface area (Å²) in [5, 5.41) is -0.549. The van der Waals surface area contributed by atoms with Crippen LogP contribution in [0.4, 0.5) is 4.79 Å². The average molecular weight is 159 g/mol. The van der Waals surface area contributed by atoms with E-state index in [0.717, 1.165) is 12.8 Å². The van der Waals surface area contributed by atoms with E-state index < -0.39 is 5.30 Å². The van der Waals surface area contributed by atoms with E-state index in [0.29, 0.717) is 0 Å². The largest absolute Gasteiger partial charge is 0.451 e. The van der Waals surface area contributed by atoms with Crippen molar-refractivity contribution < 1.29 is 9.53 Å². The maximum Gasteiger partial charge on any atom is 0.400 e. The van der Waals surface area contributed by atoms with E-state index in [2.05, 4.69) is 12.6 Å². The molecule has 1 fully saturated rings. The highest BCUT2D eigenvalue weighted by Crippen LogP contribution is 2.20. The highest BCUT2D eigenvalue weighted by Gasteiger charge is 2.15. The van der Waals surface area contributed by atoms with Gasteiger partial charge in [-0.25, -0.2) is 4.79 Å². The molecule has 0 aromatic rings. The third kappa shape index (κ3) is 2.52. The van der Waals surface area contributed by atoms with E-state index in [1.54, 1.807) is 0 Å². The normalized spacial score (nSPS) is 20.4. The highest BCUT2D eigenvalue weighted by atomic mass is 32.1. The summed E-state index contributed by atoms with van der Waals surface area (Å²) in [5.74, 6) is 0. The molecule has 57 valence electrons. The lowest BCUT2D eigenvalue weighted by atomic mass is 9.98. The van der Waals surface area contributed by atoms with Crippen LogP contribution in [-0.4, -0.2) is 11.4 Å². The molecule has 0 unspecified atom stereocenters. The SMILES string of the molecule is O=C([S])OC1CCCCC1. The van der Waals surface area contributed by atoms with Crippen molar-refractivity contribution in [2.45, 2.75) is 38.2 Å². The van der Waals surface area contributed by atoms with Crippen LogP contribution in [0, 0.1) is 0 Å². The van der Waals surface area contributed by atoms with Crippen LogP contribution in [-0.2, 0) is 4.74 Å². The van der Waals surface area contributed by atoms with Crippen LogP contribution in [0.15, 0.2) is 0 Å². The molecule has 1 saturated carbocycles. The molecule has 0 atom stereocenters. The molecule has 1 aliphatic carbocycles. The third-order valence-electron chi connectivity index (χ3n) is 1.82. The number of rotatable bonds is 1. The number of carbonyl (C=O) groups is 1. The van der Waals surface area contributed by atoms with Crippen LogP contribution in [0.3, 0.4) is 0 Å². The second-order valence-electron chi connectivity index (χ2n) is 2.63. The summed E-state index contributed by atoms with van der Waals surface area (Å²) < 4.78 is 4.87. The van der Waals surface area contributed by atoms with E-state index in [1.165, 1.54) is 19.3 Å². The van der Waals surface area contributed by atoms with Gasteiger partial charge in [-0.3, -0.25) is 0 Å². The first-order valence-electron chi connectivity index (χ1n) is 3.66. The van der Waals surface area contributed by atoms with Gasteiger partial charge in [0, 0.05) is 12.6 Å². The molecule has 0 amide bonds. The second-order valence-corrected chi connectivity index (χ2v) is 2.96. The number of carbonyl (C=O) groups excluding carboxylic acids is 1. The monoisotopic (exact) mass is 159 g/mol. The Morgan fingerprint density at radius 2 is 1.90 bits per heavy atom. The lowest BCUT2D eigenvalue weighted by molar-refractivity contribution is 0.0971. The Morgan fingerprint density at radius 1 is 1.30 bits per heavy atom. The standard InChI is InChI=1S/C7H11O2S/c8-7(10)9-6-4-2-1-3-5-6/h6H,1-5H2. The Hall–Kier alpha value is -0.310. The van der Waals surface area contributed by atoms with Crippen molar-refractivity contribution in [3.63, 3.8) is 0 Å². The Balaban J connectivity index is 2.19. The van der Waals surface area contributed by atoms with Crippen molar-refractivity contribution >= 4 is 17.9 Å². The van der Waals surface area contributed by atoms with Gasteiger partial charge in [0.25, 0.3) is 0 Å². The van der Waals surface area contributed by atoms with Crippen LogP contribution >= 0.6 is 12.6 Å². The predicted molar refractivity (Wildman–Crippen MR) is 40.9 cm³/mol. The molecule has 10 heavy (non-hydrogen) atoms. The van der Waals surface area contributed by atoms with Gasteiger partial charge in [0.15, 0.2) is 0 Å². The van der Waals surface area contributed by atoms with Crippen molar-refractivity contribution in [2.24, 2.45) is 0 Å². The van der Waals surface area contributed by atoms with E-state index in [9.17, 15) is 4.79 Å². The first-order valence-corrected chi connectivity index (χ1v) is 4.07. The van der Waals surface area contributed by atoms with Gasteiger partial charge >= 0.3 is 5.30 Å². The molecule has 0 aromatic carbocycles. The fourth-order valence-corrected chi connectivity index (χ4v) is 1.46. The topological polar surface area (TPSA) is 26.3 Å². The Labute approximate surface area is 66.4 Å². The van der Waals surface area contributed by atoms with Gasteiger partial charge < -0.3 is 4.74 Å². The van der Waals surface area contributed by atoms with Gasteiger partial charge in [0.2, 0.25) is 0 Å². The highest BCUT2D eigenvalue weighted by molar-refractivity contribution is 7.96. The molecule has 2 nitrogen and oxygen atoms in total. The average Bonchev–Trinajstić information content (AvgIpc) is 1.88. The van der Waals surface area contributed by atoms with Crippen LogP contribution in [0.1, 0.15) is 32.1 Å². The number of ether oxygens (including phenoxy) is 1. The van der Waals surface area contributed by atoms with Gasteiger partial charge in [-0.15, -0.1) is 0 Å². The lowest BCUT2D eigenvalue weighted by Crippen LogP contribution is -2.17. The number of hydrogen-bond acceptors (Lipinski definition) is 2. The summed E-state index contributed by atoms with van der Waals surface area (Å²) >= 11 is 4.30. The van der Waals surface area contributed by atoms with Crippen molar-refractivity contribution in [1.29, 1.82) is 0 Å². The molecule has 0 bridgehead atoms. The summed E-state index contributed by atoms with van der Waals surface area (Å²) in [7, 11) is 0. The molecule has 0 aliphatic heterocycles. The van der Waals surface area contributed by atoms with Crippen LogP contribution in [0.2, 0.25) is 0 Å². The zero-order valence-electron chi connectivity index (χ0n) is 5.84. The van der Waals surface area contributed by atoms with Crippen molar-refractivity contribution in [2.75, 3.05) is 0 Å². The molecule has 1 rings (SSSR count). The molecular weight excluding hydrogens is 148 g/mol. The maximum absolute atomic E-state index is 10.3. The molecule has 0 aromatic heterocycles. The van der Waals surface area contributed by atoms with Gasteiger partial charge in [0.1, 0.15) is 6.10 Å². The third-order valence-corrected chi connectivity index (χ3v) is 1.91. The molecule has 1 radical (unpaired) electrons. The minimum atomic E-state index is -0.549. The van der Waals surface area contributed by atoms with E-state index in [1.807, 2.05) is 0 Å². The molecule has 3 heteroatoms. The minimum Gasteiger partial charge on any atom is -0.451 e. The van der Waals surface area contributed by atoms with Crippen molar-refractivity contribution in [1.82, 2.24) is 0 Å². The molecule has 0 spiro atoms. The van der Waals surface area contributed by atoms with Gasteiger partial charge in [-0.2, -0.15) is 0 Å². The first kappa shape index (κ1) is 7.79. The predicted octanol–water partition coefficient (Wildman–Crippen LogP) is 2.65. The van der Waals surface area contributed by atoms with Crippen molar-refractivity contribution in [3.05, 3.63) is 0 Å². The minimum absolute atomic E-state index is 0.124. The molecule has 0 saturated heterocycles. The summed E-state index contributed by atoms with van der Waals surface area (Å²) in [6, 6.07) is 0. The molecule has 1 aliphatic rings. The van der Waals surface area contributed by atoms with Crippen LogP contribution in [0.5, 0.6) is 0 Å². The van der Waals surface area contributed by atoms with Crippen molar-refractivity contribution in [3.8, 4) is 0 Å². The second kappa shape index (κ2) is 3.76. The smallest absolute Gasteiger partial charge is 0.400 e. The zero-order chi connectivity index (χ0) is 7.40. The van der Waals surface area contributed by atoms with Gasteiger partial charge in [-0.1, -0.05) is 6.42 Å². The van der Waals surface area contributed by atoms with Crippen LogP contribution < -0.4 is 0 Å². The number of hydrogen-bond donors (Lipinski definition) is 0. The molecular formula is C7H11O2S. The van der Waals surface area contributed by atoms with E-state index in [-0.39, 0.29) is 6.10 Å². The first-order chi connectivity index (χ1) is 4.79. The summed E-state index contributed by atoms with van der Waals surface area (Å²) in [4.78, 5) is 10.3. The van der Waals surface area contributed by atoms with Gasteiger partial charge in [-0.05, 0) is 25.7 Å². The quantitative estimate of drug-likeness (QED) is 0.550. The zero-order valence-corrected chi connectivity index (χ0v) is 6.65. The summed E-state index contributed by atoms with van der Waals surface area (Å²) in [6.45, 7) is 0. The Morgan fingerprint density at radius 3 is 2.40 bits per heavy atom. The maximum atomic E-state index is 10.3. The molecule has 0 heterocycles. The Bertz CT molecular complexity index is 119. The van der Waals surface area contributed by atoms with Gasteiger partial charge in [0.05, 0.1) is 0 Å².